The highest BCUT2D eigenvalue weighted by atomic mass is 16.5. The Balaban J connectivity index is 1.78. The minimum absolute atomic E-state index is 0.00816. The summed E-state index contributed by atoms with van der Waals surface area (Å²) in [5, 5.41) is 15.0. The van der Waals surface area contributed by atoms with Gasteiger partial charge in [-0.2, -0.15) is 4.98 Å². The maximum Gasteiger partial charge on any atom is 0.222 e. The Labute approximate surface area is 158 Å². The number of nitrogens with zero attached hydrogens (tertiary/aromatic N) is 3. The largest absolute Gasteiger partial charge is 0.482 e. The van der Waals surface area contributed by atoms with Gasteiger partial charge in [-0.25, -0.2) is 4.98 Å². The monoisotopic (exact) mass is 367 g/mol. The fourth-order valence-electron chi connectivity index (χ4n) is 2.89. The number of aliphatic hydroxyl groups is 1. The van der Waals surface area contributed by atoms with Gasteiger partial charge in [0.25, 0.3) is 0 Å². The molecule has 142 valence electrons. The van der Waals surface area contributed by atoms with Crippen LogP contribution in [-0.2, 0) is 6.61 Å². The summed E-state index contributed by atoms with van der Waals surface area (Å²) in [6, 6.07) is 9.89. The lowest BCUT2D eigenvalue weighted by Gasteiger charge is -2.19. The summed E-state index contributed by atoms with van der Waals surface area (Å²) >= 11 is 0. The van der Waals surface area contributed by atoms with E-state index in [1.165, 1.54) is 0 Å². The third-order valence-electron chi connectivity index (χ3n) is 4.36. The van der Waals surface area contributed by atoms with Crippen molar-refractivity contribution in [3.05, 3.63) is 48.4 Å². The lowest BCUT2D eigenvalue weighted by Crippen LogP contribution is -2.25. The Morgan fingerprint density at radius 1 is 1.22 bits per heavy atom. The predicted octanol–water partition coefficient (Wildman–Crippen LogP) is 3.15. The number of hydrogen-bond donors (Lipinski definition) is 3. The zero-order valence-corrected chi connectivity index (χ0v) is 15.4. The zero-order chi connectivity index (χ0) is 19.1. The van der Waals surface area contributed by atoms with Crippen molar-refractivity contribution < 1.29 is 9.84 Å². The van der Waals surface area contributed by atoms with Crippen molar-refractivity contribution in [1.29, 1.82) is 0 Å². The number of pyridine rings is 1. The first-order chi connectivity index (χ1) is 13.2. The summed E-state index contributed by atoms with van der Waals surface area (Å²) in [4.78, 5) is 12.7. The molecule has 1 atom stereocenters. The summed E-state index contributed by atoms with van der Waals surface area (Å²) < 4.78 is 5.95. The third kappa shape index (κ3) is 4.83. The van der Waals surface area contributed by atoms with Gasteiger partial charge in [0.2, 0.25) is 5.95 Å². The predicted molar refractivity (Wildman–Crippen MR) is 107 cm³/mol. The highest BCUT2D eigenvalue weighted by molar-refractivity contribution is 5.84. The molecule has 3 rings (SSSR count). The van der Waals surface area contributed by atoms with Crippen LogP contribution in [0.4, 0.5) is 11.8 Å². The number of ether oxygens (including phenoxy) is 1. The fraction of sp³-hybridized carbons (Fsp3) is 0.350. The Morgan fingerprint density at radius 3 is 2.89 bits per heavy atom. The molecule has 4 N–H and O–H groups in total. The van der Waals surface area contributed by atoms with E-state index in [9.17, 15) is 5.11 Å². The first-order valence-corrected chi connectivity index (χ1v) is 9.16. The molecular formula is C20H25N5O2. The average molecular weight is 367 g/mol. The molecule has 0 radical (unpaired) electrons. The van der Waals surface area contributed by atoms with Gasteiger partial charge in [0, 0.05) is 11.6 Å². The zero-order valence-electron chi connectivity index (χ0n) is 15.4. The molecule has 0 bridgehead atoms. The summed E-state index contributed by atoms with van der Waals surface area (Å²) in [7, 11) is 0. The van der Waals surface area contributed by atoms with E-state index in [0.29, 0.717) is 11.6 Å². The van der Waals surface area contributed by atoms with E-state index in [1.54, 1.807) is 12.4 Å². The summed E-state index contributed by atoms with van der Waals surface area (Å²) in [6.45, 7) is 2.40. The highest BCUT2D eigenvalue weighted by Gasteiger charge is 2.14. The Kier molecular flexibility index (Phi) is 6.38. The number of hydrogen-bond acceptors (Lipinski definition) is 7. The molecule has 0 saturated heterocycles. The molecule has 0 aliphatic heterocycles. The number of unbranched alkanes of at least 4 members (excludes halogenated alkanes) is 1. The number of nitrogen functional groups attached to an aromatic ring is 1. The Bertz CT molecular complexity index is 882. The molecule has 7 nitrogen and oxygen atoms in total. The second kappa shape index (κ2) is 9.14. The molecule has 3 aromatic rings. The summed E-state index contributed by atoms with van der Waals surface area (Å²) in [5.74, 6) is 1.12. The van der Waals surface area contributed by atoms with Crippen LogP contribution in [0.1, 0.15) is 31.9 Å². The highest BCUT2D eigenvalue weighted by Crippen LogP contribution is 2.25. The number of nitrogens with one attached hydrogen (secondary N) is 1. The van der Waals surface area contributed by atoms with Gasteiger partial charge in [0.15, 0.2) is 11.6 Å². The van der Waals surface area contributed by atoms with Crippen LogP contribution >= 0.6 is 0 Å². The number of nitrogens with two attached hydrogens (primary N) is 1. The summed E-state index contributed by atoms with van der Waals surface area (Å²) in [6.07, 6.45) is 6.21. The van der Waals surface area contributed by atoms with Gasteiger partial charge >= 0.3 is 0 Å². The van der Waals surface area contributed by atoms with Gasteiger partial charge in [-0.1, -0.05) is 44.0 Å². The van der Waals surface area contributed by atoms with Crippen LogP contribution < -0.4 is 15.8 Å². The molecule has 2 heterocycles. The maximum absolute atomic E-state index is 9.61. The van der Waals surface area contributed by atoms with Crippen molar-refractivity contribution in [2.24, 2.45) is 0 Å². The van der Waals surface area contributed by atoms with Crippen molar-refractivity contribution in [1.82, 2.24) is 15.0 Å². The van der Waals surface area contributed by atoms with Crippen molar-refractivity contribution in [2.45, 2.75) is 38.8 Å². The van der Waals surface area contributed by atoms with Crippen LogP contribution in [-0.4, -0.2) is 32.7 Å². The standard InChI is InChI=1S/C20H25N5O2/c1-2-3-7-15(12-26)24-19-18(11-23-20(21)25-19)27-13-17-16-8-5-4-6-14(16)9-10-22-17/h4-6,8-11,15,26H,2-3,7,12-13H2,1H3,(H3,21,23,24,25)/t15-/m0/s1. The molecular weight excluding hydrogens is 342 g/mol. The number of aromatic nitrogens is 3. The van der Waals surface area contributed by atoms with Crippen molar-refractivity contribution in [3.8, 4) is 5.75 Å². The van der Waals surface area contributed by atoms with Crippen molar-refractivity contribution in [3.63, 3.8) is 0 Å². The quantitative estimate of drug-likeness (QED) is 0.533. The molecule has 0 saturated carbocycles. The van der Waals surface area contributed by atoms with E-state index in [0.717, 1.165) is 35.7 Å². The number of aliphatic hydroxyl groups excluding tert-OH is 1. The van der Waals surface area contributed by atoms with Gasteiger partial charge in [0.05, 0.1) is 24.5 Å². The smallest absolute Gasteiger partial charge is 0.222 e. The van der Waals surface area contributed by atoms with E-state index < -0.39 is 0 Å². The fourth-order valence-corrected chi connectivity index (χ4v) is 2.89. The van der Waals surface area contributed by atoms with Gasteiger partial charge in [-0.15, -0.1) is 0 Å². The van der Waals surface area contributed by atoms with Crippen LogP contribution in [0, 0.1) is 0 Å². The molecule has 0 amide bonds. The molecule has 0 aliphatic rings. The Hall–Kier alpha value is -2.93. The second-order valence-electron chi connectivity index (χ2n) is 6.37. The molecule has 0 spiro atoms. The minimum Gasteiger partial charge on any atom is -0.482 e. The van der Waals surface area contributed by atoms with E-state index in [2.05, 4.69) is 27.2 Å². The first kappa shape index (κ1) is 18.8. The topological polar surface area (TPSA) is 106 Å². The van der Waals surface area contributed by atoms with Crippen LogP contribution in [0.15, 0.2) is 42.7 Å². The van der Waals surface area contributed by atoms with E-state index in [4.69, 9.17) is 10.5 Å². The number of anilines is 2. The van der Waals surface area contributed by atoms with Crippen LogP contribution in [0.2, 0.25) is 0 Å². The average Bonchev–Trinajstić information content (AvgIpc) is 2.70. The second-order valence-corrected chi connectivity index (χ2v) is 6.37. The SMILES string of the molecule is CCCC[C@@H](CO)Nc1nc(N)ncc1OCc1nccc2ccccc12. The van der Waals surface area contributed by atoms with E-state index in [-0.39, 0.29) is 25.2 Å². The normalized spacial score (nSPS) is 12.1. The summed E-state index contributed by atoms with van der Waals surface area (Å²) in [5.41, 5.74) is 6.57. The minimum atomic E-state index is -0.114. The third-order valence-corrected chi connectivity index (χ3v) is 4.36. The van der Waals surface area contributed by atoms with Crippen LogP contribution in [0.5, 0.6) is 5.75 Å². The molecule has 0 fully saturated rings. The van der Waals surface area contributed by atoms with Gasteiger partial charge in [-0.05, 0) is 17.9 Å². The lowest BCUT2D eigenvalue weighted by molar-refractivity contribution is 0.265. The maximum atomic E-state index is 9.61. The molecule has 7 heteroatoms. The molecule has 2 aromatic heterocycles. The number of rotatable bonds is 9. The first-order valence-electron chi connectivity index (χ1n) is 9.16. The van der Waals surface area contributed by atoms with Crippen LogP contribution in [0.3, 0.4) is 0 Å². The van der Waals surface area contributed by atoms with Crippen molar-refractivity contribution in [2.75, 3.05) is 17.7 Å². The van der Waals surface area contributed by atoms with Crippen molar-refractivity contribution >= 4 is 22.5 Å². The van der Waals surface area contributed by atoms with Gasteiger partial charge < -0.3 is 20.9 Å². The molecule has 0 unspecified atom stereocenters. The molecule has 0 aliphatic carbocycles. The van der Waals surface area contributed by atoms with E-state index in [1.807, 2.05) is 30.3 Å². The van der Waals surface area contributed by atoms with Crippen LogP contribution in [0.25, 0.3) is 10.8 Å². The lowest BCUT2D eigenvalue weighted by atomic mass is 10.1. The number of benzene rings is 1. The van der Waals surface area contributed by atoms with Gasteiger partial charge in [-0.3, -0.25) is 4.98 Å². The Morgan fingerprint density at radius 2 is 2.07 bits per heavy atom. The van der Waals surface area contributed by atoms with E-state index >= 15 is 0 Å². The van der Waals surface area contributed by atoms with Gasteiger partial charge in [0.1, 0.15) is 6.61 Å². The molecule has 1 aromatic carbocycles. The number of fused-ring (bicyclic) bond motifs is 1. The molecule has 27 heavy (non-hydrogen) atoms.